The standard InChI is InChI=1S/C13H23N3/c1-2-16(8-4-3-7-14)13-9-11-5-6-12(10-13)15-11/h11-13,15H,2-6,8-10H2,1H3. The van der Waals surface area contributed by atoms with Crippen LogP contribution in [0.4, 0.5) is 0 Å². The lowest BCUT2D eigenvalue weighted by molar-refractivity contribution is 0.147. The van der Waals surface area contributed by atoms with Crippen molar-refractivity contribution in [2.45, 2.75) is 63.6 Å². The van der Waals surface area contributed by atoms with E-state index in [4.69, 9.17) is 5.26 Å². The van der Waals surface area contributed by atoms with Crippen LogP contribution in [-0.2, 0) is 0 Å². The summed E-state index contributed by atoms with van der Waals surface area (Å²) in [6.07, 6.45) is 7.11. The molecule has 0 radical (unpaired) electrons. The summed E-state index contributed by atoms with van der Waals surface area (Å²) in [7, 11) is 0. The van der Waals surface area contributed by atoms with Crippen LogP contribution in [0.25, 0.3) is 0 Å². The van der Waals surface area contributed by atoms with Gasteiger partial charge in [0.25, 0.3) is 0 Å². The predicted octanol–water partition coefficient (Wildman–Crippen LogP) is 1.90. The number of piperidine rings is 1. The van der Waals surface area contributed by atoms with Crippen LogP contribution in [0.5, 0.6) is 0 Å². The number of fused-ring (bicyclic) bond motifs is 2. The van der Waals surface area contributed by atoms with Gasteiger partial charge in [-0.1, -0.05) is 6.92 Å². The van der Waals surface area contributed by atoms with E-state index in [0.717, 1.165) is 37.6 Å². The van der Waals surface area contributed by atoms with Crippen LogP contribution in [0.15, 0.2) is 0 Å². The van der Waals surface area contributed by atoms with Crippen LogP contribution in [0.3, 0.4) is 0 Å². The Morgan fingerprint density at radius 2 is 2.00 bits per heavy atom. The van der Waals surface area contributed by atoms with Crippen LogP contribution in [0.2, 0.25) is 0 Å². The fraction of sp³-hybridized carbons (Fsp3) is 0.923. The molecule has 0 saturated carbocycles. The molecule has 2 aliphatic rings. The van der Waals surface area contributed by atoms with Gasteiger partial charge < -0.3 is 10.2 Å². The molecule has 0 aliphatic carbocycles. The predicted molar refractivity (Wildman–Crippen MR) is 65.1 cm³/mol. The molecular weight excluding hydrogens is 198 g/mol. The minimum Gasteiger partial charge on any atom is -0.311 e. The molecule has 0 aromatic heterocycles. The number of hydrogen-bond acceptors (Lipinski definition) is 3. The van der Waals surface area contributed by atoms with Gasteiger partial charge in [0.2, 0.25) is 0 Å². The summed E-state index contributed by atoms with van der Waals surface area (Å²) >= 11 is 0. The van der Waals surface area contributed by atoms with Gasteiger partial charge in [-0.05, 0) is 45.2 Å². The van der Waals surface area contributed by atoms with E-state index in [2.05, 4.69) is 23.2 Å². The van der Waals surface area contributed by atoms with Crippen LogP contribution in [0.1, 0.15) is 45.4 Å². The summed E-state index contributed by atoms with van der Waals surface area (Å²) in [5.74, 6) is 0. The van der Waals surface area contributed by atoms with E-state index in [0.29, 0.717) is 6.42 Å². The van der Waals surface area contributed by atoms with E-state index in [1.807, 2.05) is 0 Å². The van der Waals surface area contributed by atoms with Crippen molar-refractivity contribution in [2.75, 3.05) is 13.1 Å². The lowest BCUT2D eigenvalue weighted by Gasteiger charge is -2.37. The van der Waals surface area contributed by atoms with E-state index in [9.17, 15) is 0 Å². The molecule has 0 spiro atoms. The Bertz CT molecular complexity index is 246. The van der Waals surface area contributed by atoms with Gasteiger partial charge in [0, 0.05) is 24.5 Å². The molecule has 2 atom stereocenters. The normalized spacial score (nSPS) is 32.9. The van der Waals surface area contributed by atoms with Crippen LogP contribution >= 0.6 is 0 Å². The fourth-order valence-corrected chi connectivity index (χ4v) is 3.29. The molecule has 2 heterocycles. The fourth-order valence-electron chi connectivity index (χ4n) is 3.29. The first-order valence-electron chi connectivity index (χ1n) is 6.70. The Morgan fingerprint density at radius 1 is 1.31 bits per heavy atom. The molecule has 0 aromatic rings. The molecule has 16 heavy (non-hydrogen) atoms. The van der Waals surface area contributed by atoms with E-state index in [1.165, 1.54) is 25.7 Å². The minimum atomic E-state index is 0.703. The summed E-state index contributed by atoms with van der Waals surface area (Å²) < 4.78 is 0. The second-order valence-electron chi connectivity index (χ2n) is 5.15. The maximum absolute atomic E-state index is 8.58. The maximum atomic E-state index is 8.58. The van der Waals surface area contributed by atoms with E-state index < -0.39 is 0 Å². The van der Waals surface area contributed by atoms with Gasteiger partial charge in [-0.2, -0.15) is 5.26 Å². The van der Waals surface area contributed by atoms with E-state index in [-0.39, 0.29) is 0 Å². The lowest BCUT2D eigenvalue weighted by atomic mass is 9.98. The highest BCUT2D eigenvalue weighted by Crippen LogP contribution is 2.29. The topological polar surface area (TPSA) is 39.1 Å². The Labute approximate surface area is 98.8 Å². The minimum absolute atomic E-state index is 0.703. The second kappa shape index (κ2) is 5.65. The van der Waals surface area contributed by atoms with Crippen LogP contribution in [-0.4, -0.2) is 36.1 Å². The zero-order chi connectivity index (χ0) is 11.4. The van der Waals surface area contributed by atoms with Crippen molar-refractivity contribution >= 4 is 0 Å². The van der Waals surface area contributed by atoms with Gasteiger partial charge in [-0.3, -0.25) is 0 Å². The molecule has 2 rings (SSSR count). The second-order valence-corrected chi connectivity index (χ2v) is 5.15. The number of nitriles is 1. The summed E-state index contributed by atoms with van der Waals surface area (Å²) in [5, 5.41) is 12.3. The van der Waals surface area contributed by atoms with Crippen molar-refractivity contribution in [3.8, 4) is 6.07 Å². The Hall–Kier alpha value is -0.590. The number of unbranched alkanes of at least 4 members (excludes halogenated alkanes) is 1. The van der Waals surface area contributed by atoms with Gasteiger partial charge in [-0.15, -0.1) is 0 Å². The first-order valence-corrected chi connectivity index (χ1v) is 6.70. The van der Waals surface area contributed by atoms with Gasteiger partial charge in [0.1, 0.15) is 0 Å². The van der Waals surface area contributed by atoms with Gasteiger partial charge in [-0.25, -0.2) is 0 Å². The first-order chi connectivity index (χ1) is 7.83. The monoisotopic (exact) mass is 221 g/mol. The van der Waals surface area contributed by atoms with Crippen molar-refractivity contribution in [1.82, 2.24) is 10.2 Å². The first kappa shape index (κ1) is 11.9. The summed E-state index contributed by atoms with van der Waals surface area (Å²) in [4.78, 5) is 2.59. The molecule has 0 aromatic carbocycles. The highest BCUT2D eigenvalue weighted by atomic mass is 15.2. The highest BCUT2D eigenvalue weighted by molar-refractivity contribution is 4.95. The third-order valence-electron chi connectivity index (χ3n) is 4.10. The van der Waals surface area contributed by atoms with Crippen molar-refractivity contribution in [3.05, 3.63) is 0 Å². The third-order valence-corrected chi connectivity index (χ3v) is 4.10. The molecular formula is C13H23N3. The molecule has 2 unspecified atom stereocenters. The Morgan fingerprint density at radius 3 is 2.56 bits per heavy atom. The average Bonchev–Trinajstić information content (AvgIpc) is 2.64. The van der Waals surface area contributed by atoms with Gasteiger partial charge in [0.05, 0.1) is 6.07 Å². The largest absolute Gasteiger partial charge is 0.311 e. The summed E-state index contributed by atoms with van der Waals surface area (Å²) in [6, 6.07) is 4.55. The van der Waals surface area contributed by atoms with E-state index in [1.54, 1.807) is 0 Å². The SMILES string of the molecule is CCN(CCCC#N)C1CC2CCC(C1)N2. The van der Waals surface area contributed by atoms with Crippen LogP contribution < -0.4 is 5.32 Å². The van der Waals surface area contributed by atoms with Crippen molar-refractivity contribution in [1.29, 1.82) is 5.26 Å². The summed E-state index contributed by atoms with van der Waals surface area (Å²) in [6.45, 7) is 4.49. The third kappa shape index (κ3) is 2.75. The number of nitrogens with one attached hydrogen (secondary N) is 1. The van der Waals surface area contributed by atoms with Crippen molar-refractivity contribution < 1.29 is 0 Å². The van der Waals surface area contributed by atoms with Crippen LogP contribution in [0, 0.1) is 11.3 Å². The van der Waals surface area contributed by atoms with Gasteiger partial charge >= 0.3 is 0 Å². The van der Waals surface area contributed by atoms with Crippen molar-refractivity contribution in [2.24, 2.45) is 0 Å². The van der Waals surface area contributed by atoms with Gasteiger partial charge in [0.15, 0.2) is 0 Å². The molecule has 3 heteroatoms. The van der Waals surface area contributed by atoms with Crippen molar-refractivity contribution in [3.63, 3.8) is 0 Å². The molecule has 2 saturated heterocycles. The number of nitrogens with zero attached hydrogens (tertiary/aromatic N) is 2. The van der Waals surface area contributed by atoms with E-state index >= 15 is 0 Å². The Kier molecular flexibility index (Phi) is 4.20. The highest BCUT2D eigenvalue weighted by Gasteiger charge is 2.35. The quantitative estimate of drug-likeness (QED) is 0.721. The Balaban J connectivity index is 1.82. The molecule has 2 aliphatic heterocycles. The lowest BCUT2D eigenvalue weighted by Crippen LogP contribution is -2.48. The zero-order valence-electron chi connectivity index (χ0n) is 10.3. The number of hydrogen-bond donors (Lipinski definition) is 1. The molecule has 90 valence electrons. The smallest absolute Gasteiger partial charge is 0.0622 e. The molecule has 1 N–H and O–H groups in total. The number of rotatable bonds is 5. The zero-order valence-corrected chi connectivity index (χ0v) is 10.3. The molecule has 2 fully saturated rings. The molecule has 3 nitrogen and oxygen atoms in total. The molecule has 2 bridgehead atoms. The summed E-state index contributed by atoms with van der Waals surface area (Å²) in [5.41, 5.74) is 0. The average molecular weight is 221 g/mol. The maximum Gasteiger partial charge on any atom is 0.0622 e. The molecule has 0 amide bonds.